The number of rotatable bonds is 6. The van der Waals surface area contributed by atoms with Gasteiger partial charge in [-0.05, 0) is 67.3 Å². The Hall–Kier alpha value is -3.91. The lowest BCUT2D eigenvalue weighted by Crippen LogP contribution is -2.30. The van der Waals surface area contributed by atoms with Crippen LogP contribution in [0.1, 0.15) is 33.1 Å². The first kappa shape index (κ1) is 22.5. The molecule has 3 aromatic heterocycles. The molecule has 0 atom stereocenters. The van der Waals surface area contributed by atoms with E-state index in [1.165, 1.54) is 27.3 Å². The Morgan fingerprint density at radius 1 is 1.08 bits per heavy atom. The Morgan fingerprint density at radius 2 is 2.00 bits per heavy atom. The number of anilines is 1. The second kappa shape index (κ2) is 9.28. The predicted molar refractivity (Wildman–Crippen MR) is 143 cm³/mol. The highest BCUT2D eigenvalue weighted by Crippen LogP contribution is 2.32. The van der Waals surface area contributed by atoms with Crippen LogP contribution in [-0.2, 0) is 19.4 Å². The molecule has 0 bridgehead atoms. The van der Waals surface area contributed by atoms with Crippen molar-refractivity contribution in [2.45, 2.75) is 33.2 Å². The van der Waals surface area contributed by atoms with E-state index in [0.717, 1.165) is 54.0 Å². The van der Waals surface area contributed by atoms with Gasteiger partial charge in [0, 0.05) is 54.9 Å². The fourth-order valence-corrected chi connectivity index (χ4v) is 5.86. The molecule has 0 saturated carbocycles. The molecular weight excluding hydrogens is 468 g/mol. The van der Waals surface area contributed by atoms with Crippen LogP contribution in [0.5, 0.6) is 5.75 Å². The fourth-order valence-electron chi connectivity index (χ4n) is 4.90. The van der Waals surface area contributed by atoms with Gasteiger partial charge in [0.25, 0.3) is 0 Å². The van der Waals surface area contributed by atoms with Crippen LogP contribution in [-0.4, -0.2) is 38.0 Å². The first-order chi connectivity index (χ1) is 17.6. The molecule has 6 rings (SSSR count). The van der Waals surface area contributed by atoms with E-state index in [1.54, 1.807) is 24.6 Å². The molecule has 2 aromatic carbocycles. The van der Waals surface area contributed by atoms with Gasteiger partial charge in [0.2, 0.25) is 0 Å². The molecule has 0 unspecified atom stereocenters. The SMILES string of the molecule is COc1cc(Cc2cnc(N3CCc4ccc(-n5cc(C)nc5C)cc4C3)s2)ccc1-n1cccn1. The van der Waals surface area contributed by atoms with Crippen molar-refractivity contribution in [3.05, 3.63) is 100 Å². The number of aryl methyl sites for hydroxylation is 2. The Balaban J connectivity index is 1.19. The second-order valence-electron chi connectivity index (χ2n) is 9.17. The summed E-state index contributed by atoms with van der Waals surface area (Å²) in [6, 6.07) is 15.0. The van der Waals surface area contributed by atoms with E-state index in [2.05, 4.69) is 69.1 Å². The Bertz CT molecular complexity index is 1520. The average molecular weight is 497 g/mol. The zero-order chi connectivity index (χ0) is 24.6. The molecule has 0 spiro atoms. The van der Waals surface area contributed by atoms with Gasteiger partial charge in [-0.2, -0.15) is 5.10 Å². The van der Waals surface area contributed by atoms with Crippen molar-refractivity contribution in [2.75, 3.05) is 18.6 Å². The lowest BCUT2D eigenvalue weighted by Gasteiger charge is -2.29. The summed E-state index contributed by atoms with van der Waals surface area (Å²) in [7, 11) is 1.70. The quantitative estimate of drug-likeness (QED) is 0.320. The van der Waals surface area contributed by atoms with E-state index in [9.17, 15) is 0 Å². The number of benzene rings is 2. The van der Waals surface area contributed by atoms with E-state index >= 15 is 0 Å². The molecule has 0 amide bonds. The molecule has 5 aromatic rings. The van der Waals surface area contributed by atoms with Crippen LogP contribution in [0.3, 0.4) is 0 Å². The van der Waals surface area contributed by atoms with Gasteiger partial charge < -0.3 is 14.2 Å². The van der Waals surface area contributed by atoms with Crippen molar-refractivity contribution >= 4 is 16.5 Å². The van der Waals surface area contributed by atoms with Crippen molar-refractivity contribution < 1.29 is 4.74 Å². The number of aromatic nitrogens is 5. The average Bonchev–Trinajstić information content (AvgIpc) is 3.65. The Kier molecular flexibility index (Phi) is 5.81. The number of thiazole rings is 1. The van der Waals surface area contributed by atoms with Gasteiger partial charge in [-0.3, -0.25) is 0 Å². The van der Waals surface area contributed by atoms with E-state index in [-0.39, 0.29) is 0 Å². The van der Waals surface area contributed by atoms with Gasteiger partial charge in [-0.15, -0.1) is 11.3 Å². The maximum absolute atomic E-state index is 5.64. The van der Waals surface area contributed by atoms with Crippen LogP contribution in [0.4, 0.5) is 5.13 Å². The summed E-state index contributed by atoms with van der Waals surface area (Å²) >= 11 is 1.77. The maximum atomic E-state index is 5.64. The van der Waals surface area contributed by atoms with Gasteiger partial charge in [0.15, 0.2) is 5.13 Å². The first-order valence-electron chi connectivity index (χ1n) is 12.1. The summed E-state index contributed by atoms with van der Waals surface area (Å²) in [5.74, 6) is 1.83. The highest BCUT2D eigenvalue weighted by atomic mass is 32.1. The van der Waals surface area contributed by atoms with Crippen LogP contribution in [0.2, 0.25) is 0 Å². The van der Waals surface area contributed by atoms with Gasteiger partial charge in [0.1, 0.15) is 17.3 Å². The number of ether oxygens (including phenoxy) is 1. The third kappa shape index (κ3) is 4.28. The first-order valence-corrected chi connectivity index (χ1v) is 12.9. The third-order valence-corrected chi connectivity index (χ3v) is 7.73. The minimum Gasteiger partial charge on any atom is -0.494 e. The minimum absolute atomic E-state index is 0.813. The van der Waals surface area contributed by atoms with Crippen LogP contribution in [0, 0.1) is 13.8 Å². The molecule has 182 valence electrons. The van der Waals surface area contributed by atoms with E-state index in [4.69, 9.17) is 9.72 Å². The summed E-state index contributed by atoms with van der Waals surface area (Å²) in [6.45, 7) is 5.94. The number of fused-ring (bicyclic) bond motifs is 1. The fraction of sp³-hybridized carbons (Fsp3) is 0.250. The monoisotopic (exact) mass is 496 g/mol. The molecule has 1 aliphatic rings. The number of imidazole rings is 1. The summed E-state index contributed by atoms with van der Waals surface area (Å²) in [4.78, 5) is 13.0. The summed E-state index contributed by atoms with van der Waals surface area (Å²) in [6.07, 6.45) is 9.65. The Morgan fingerprint density at radius 3 is 2.78 bits per heavy atom. The predicted octanol–water partition coefficient (Wildman–Crippen LogP) is 5.29. The highest BCUT2D eigenvalue weighted by molar-refractivity contribution is 7.15. The third-order valence-electron chi connectivity index (χ3n) is 6.67. The molecule has 36 heavy (non-hydrogen) atoms. The topological polar surface area (TPSA) is 61.0 Å². The standard InChI is InChI=1S/C28H28N6OS/c1-19-17-33(20(2)31-19)24-7-6-22-9-12-32(18-23(22)15-24)28-29-16-25(36-28)13-21-5-8-26(27(14-21)35-3)34-11-4-10-30-34/h4-8,10-11,14-17H,9,12-13,18H2,1-3H3. The molecule has 0 aliphatic carbocycles. The number of hydrogen-bond acceptors (Lipinski definition) is 6. The zero-order valence-corrected chi connectivity index (χ0v) is 21.5. The molecule has 1 aliphatic heterocycles. The molecule has 8 heteroatoms. The molecule has 0 saturated heterocycles. The lowest BCUT2D eigenvalue weighted by atomic mass is 9.99. The van der Waals surface area contributed by atoms with Gasteiger partial charge in [-0.1, -0.05) is 12.1 Å². The number of nitrogens with zero attached hydrogens (tertiary/aromatic N) is 6. The minimum atomic E-state index is 0.813. The van der Waals surface area contributed by atoms with E-state index in [0.29, 0.717) is 0 Å². The number of methoxy groups -OCH3 is 1. The van der Waals surface area contributed by atoms with Crippen LogP contribution in [0.25, 0.3) is 11.4 Å². The van der Waals surface area contributed by atoms with Crippen LogP contribution in [0.15, 0.2) is 67.3 Å². The van der Waals surface area contributed by atoms with Crippen molar-refractivity contribution in [3.8, 4) is 17.1 Å². The van der Waals surface area contributed by atoms with E-state index in [1.807, 2.05) is 30.1 Å². The summed E-state index contributed by atoms with van der Waals surface area (Å²) in [5.41, 5.74) is 7.11. The summed E-state index contributed by atoms with van der Waals surface area (Å²) in [5, 5.41) is 5.41. The highest BCUT2D eigenvalue weighted by Gasteiger charge is 2.20. The molecule has 0 radical (unpaired) electrons. The second-order valence-corrected chi connectivity index (χ2v) is 10.3. The van der Waals surface area contributed by atoms with Gasteiger partial charge in [0.05, 0.1) is 12.8 Å². The molecular formula is C28H28N6OS. The van der Waals surface area contributed by atoms with Gasteiger partial charge >= 0.3 is 0 Å². The van der Waals surface area contributed by atoms with Gasteiger partial charge in [-0.25, -0.2) is 14.6 Å². The van der Waals surface area contributed by atoms with Crippen molar-refractivity contribution in [1.82, 2.24) is 24.3 Å². The van der Waals surface area contributed by atoms with E-state index < -0.39 is 0 Å². The molecule has 4 heterocycles. The largest absolute Gasteiger partial charge is 0.494 e. The summed E-state index contributed by atoms with van der Waals surface area (Å²) < 4.78 is 9.63. The Labute approximate surface area is 214 Å². The van der Waals surface area contributed by atoms with Crippen LogP contribution < -0.4 is 9.64 Å². The van der Waals surface area contributed by atoms with Crippen molar-refractivity contribution in [3.63, 3.8) is 0 Å². The van der Waals surface area contributed by atoms with Crippen molar-refractivity contribution in [2.24, 2.45) is 0 Å². The molecule has 0 N–H and O–H groups in total. The lowest BCUT2D eigenvalue weighted by molar-refractivity contribution is 0.411. The maximum Gasteiger partial charge on any atom is 0.185 e. The van der Waals surface area contributed by atoms with Crippen LogP contribution >= 0.6 is 11.3 Å². The molecule has 0 fully saturated rings. The smallest absolute Gasteiger partial charge is 0.185 e. The molecule has 7 nitrogen and oxygen atoms in total. The normalized spacial score (nSPS) is 13.1. The zero-order valence-electron chi connectivity index (χ0n) is 20.7. The van der Waals surface area contributed by atoms with Crippen molar-refractivity contribution in [1.29, 1.82) is 0 Å². The number of hydrogen-bond donors (Lipinski definition) is 0.